The highest BCUT2D eigenvalue weighted by molar-refractivity contribution is 7.14. The lowest BCUT2D eigenvalue weighted by Gasteiger charge is -2.12. The maximum Gasteiger partial charge on any atom is 0.262 e. The summed E-state index contributed by atoms with van der Waals surface area (Å²) in [4.78, 5) is 24.4. The Kier molecular flexibility index (Phi) is 5.13. The Labute approximate surface area is 125 Å². The number of hydrogen-bond acceptors (Lipinski definition) is 5. The first-order valence-corrected chi connectivity index (χ1v) is 7.20. The summed E-state index contributed by atoms with van der Waals surface area (Å²) >= 11 is 1.29. The van der Waals surface area contributed by atoms with E-state index in [2.05, 4.69) is 10.6 Å². The van der Waals surface area contributed by atoms with Crippen molar-refractivity contribution < 1.29 is 19.1 Å². The average molecular weight is 308 g/mol. The molecule has 2 amide bonds. The van der Waals surface area contributed by atoms with Gasteiger partial charge in [0.05, 0.1) is 24.3 Å². The molecule has 2 heterocycles. The van der Waals surface area contributed by atoms with Gasteiger partial charge in [0, 0.05) is 11.8 Å². The molecule has 0 aliphatic rings. The van der Waals surface area contributed by atoms with Crippen LogP contribution in [-0.2, 0) is 11.3 Å². The zero-order chi connectivity index (χ0) is 15.2. The number of aliphatic hydroxyl groups excluding tert-OH is 1. The molecular formula is C14H16N2O4S. The highest BCUT2D eigenvalue weighted by atomic mass is 32.1. The van der Waals surface area contributed by atoms with Gasteiger partial charge in [-0.3, -0.25) is 9.59 Å². The van der Waals surface area contributed by atoms with Crippen LogP contribution < -0.4 is 10.6 Å². The molecule has 3 N–H and O–H groups in total. The van der Waals surface area contributed by atoms with Gasteiger partial charge in [-0.15, -0.1) is 11.3 Å². The van der Waals surface area contributed by atoms with Crippen LogP contribution in [0, 0.1) is 0 Å². The molecule has 21 heavy (non-hydrogen) atoms. The second-order valence-electron chi connectivity index (χ2n) is 4.40. The van der Waals surface area contributed by atoms with Crippen LogP contribution >= 0.6 is 11.3 Å². The van der Waals surface area contributed by atoms with Crippen LogP contribution in [0.5, 0.6) is 0 Å². The van der Waals surface area contributed by atoms with Crippen LogP contribution in [0.4, 0.5) is 0 Å². The zero-order valence-electron chi connectivity index (χ0n) is 11.5. The molecule has 0 saturated carbocycles. The molecule has 7 heteroatoms. The molecule has 1 atom stereocenters. The Balaban J connectivity index is 1.98. The van der Waals surface area contributed by atoms with Crippen LogP contribution in [0.3, 0.4) is 0 Å². The Morgan fingerprint density at radius 1 is 1.38 bits per heavy atom. The van der Waals surface area contributed by atoms with E-state index in [1.807, 2.05) is 0 Å². The quantitative estimate of drug-likeness (QED) is 0.753. The molecule has 1 unspecified atom stereocenters. The molecule has 0 aliphatic heterocycles. The van der Waals surface area contributed by atoms with Crippen molar-refractivity contribution in [2.45, 2.75) is 19.5 Å². The van der Waals surface area contributed by atoms with Crippen molar-refractivity contribution in [2.24, 2.45) is 0 Å². The second kappa shape index (κ2) is 7.05. The molecule has 112 valence electrons. The number of hydrogen-bond donors (Lipinski definition) is 3. The normalized spacial score (nSPS) is 11.9. The van der Waals surface area contributed by atoms with Crippen molar-refractivity contribution in [3.63, 3.8) is 0 Å². The van der Waals surface area contributed by atoms with E-state index < -0.39 is 6.04 Å². The van der Waals surface area contributed by atoms with Crippen LogP contribution in [0.1, 0.15) is 33.3 Å². The smallest absolute Gasteiger partial charge is 0.262 e. The van der Waals surface area contributed by atoms with Gasteiger partial charge in [-0.25, -0.2) is 0 Å². The van der Waals surface area contributed by atoms with Crippen molar-refractivity contribution in [3.05, 3.63) is 46.0 Å². The highest BCUT2D eigenvalue weighted by Crippen LogP contribution is 2.19. The lowest BCUT2D eigenvalue weighted by Crippen LogP contribution is -2.29. The van der Waals surface area contributed by atoms with Gasteiger partial charge < -0.3 is 20.2 Å². The van der Waals surface area contributed by atoms with Crippen LogP contribution in [-0.4, -0.2) is 23.5 Å². The van der Waals surface area contributed by atoms with E-state index in [0.717, 1.165) is 4.88 Å². The predicted octanol–water partition coefficient (Wildman–Crippen LogP) is 1.44. The first-order valence-electron chi connectivity index (χ1n) is 6.38. The minimum absolute atomic E-state index is 0.118. The fraction of sp³-hybridized carbons (Fsp3) is 0.286. The topological polar surface area (TPSA) is 91.6 Å². The van der Waals surface area contributed by atoms with Crippen molar-refractivity contribution in [1.29, 1.82) is 0 Å². The van der Waals surface area contributed by atoms with Gasteiger partial charge >= 0.3 is 0 Å². The highest BCUT2D eigenvalue weighted by Gasteiger charge is 2.18. The molecule has 0 saturated heterocycles. The van der Waals surface area contributed by atoms with Gasteiger partial charge in [0.2, 0.25) is 5.91 Å². The third kappa shape index (κ3) is 4.17. The summed E-state index contributed by atoms with van der Waals surface area (Å²) in [6.07, 6.45) is 1.49. The van der Waals surface area contributed by atoms with Crippen molar-refractivity contribution >= 4 is 23.2 Å². The van der Waals surface area contributed by atoms with Crippen molar-refractivity contribution in [3.8, 4) is 0 Å². The molecule has 0 bridgehead atoms. The van der Waals surface area contributed by atoms with Gasteiger partial charge in [0.25, 0.3) is 5.91 Å². The van der Waals surface area contributed by atoms with Crippen LogP contribution in [0.15, 0.2) is 34.9 Å². The summed E-state index contributed by atoms with van der Waals surface area (Å²) < 4.78 is 5.17. The zero-order valence-corrected chi connectivity index (χ0v) is 12.3. The maximum atomic E-state index is 12.1. The van der Waals surface area contributed by atoms with E-state index >= 15 is 0 Å². The SMILES string of the molecule is CC(=O)NCc1ccc(C(=O)NC(CO)c2ccco2)s1. The fourth-order valence-corrected chi connectivity index (χ4v) is 2.58. The monoisotopic (exact) mass is 308 g/mol. The molecule has 0 aromatic carbocycles. The maximum absolute atomic E-state index is 12.1. The number of aliphatic hydroxyl groups is 1. The third-order valence-corrected chi connectivity index (χ3v) is 3.86. The molecule has 0 fully saturated rings. The van der Waals surface area contributed by atoms with Gasteiger partial charge in [0.1, 0.15) is 11.8 Å². The Hall–Kier alpha value is -2.12. The first-order chi connectivity index (χ1) is 10.1. The predicted molar refractivity (Wildman–Crippen MR) is 77.8 cm³/mol. The second-order valence-corrected chi connectivity index (χ2v) is 5.57. The molecule has 2 rings (SSSR count). The van der Waals surface area contributed by atoms with Gasteiger partial charge in [0.15, 0.2) is 0 Å². The summed E-state index contributed by atoms with van der Waals surface area (Å²) in [7, 11) is 0. The summed E-state index contributed by atoms with van der Waals surface area (Å²) in [5, 5.41) is 14.7. The number of furan rings is 1. The Morgan fingerprint density at radius 3 is 2.81 bits per heavy atom. The minimum Gasteiger partial charge on any atom is -0.467 e. The standard InChI is InChI=1S/C14H16N2O4S/c1-9(18)15-7-10-4-5-13(21-10)14(19)16-11(8-17)12-3-2-6-20-12/h2-6,11,17H,7-8H2,1H3,(H,15,18)(H,16,19). The van der Waals surface area contributed by atoms with E-state index in [4.69, 9.17) is 4.42 Å². The van der Waals surface area contributed by atoms with Crippen LogP contribution in [0.2, 0.25) is 0 Å². The fourth-order valence-electron chi connectivity index (χ4n) is 1.73. The Morgan fingerprint density at radius 2 is 2.19 bits per heavy atom. The van der Waals surface area contributed by atoms with Crippen molar-refractivity contribution in [2.75, 3.05) is 6.61 Å². The molecule has 0 aliphatic carbocycles. The number of carbonyl (C=O) groups excluding carboxylic acids is 2. The molecule has 0 spiro atoms. The average Bonchev–Trinajstić information content (AvgIpc) is 3.13. The molecule has 0 radical (unpaired) electrons. The van der Waals surface area contributed by atoms with Gasteiger partial charge in [-0.1, -0.05) is 0 Å². The van der Waals surface area contributed by atoms with Gasteiger partial charge in [-0.2, -0.15) is 0 Å². The first kappa shape index (κ1) is 15.3. The Bertz CT molecular complexity index is 606. The summed E-state index contributed by atoms with van der Waals surface area (Å²) in [6, 6.07) is 6.29. The lowest BCUT2D eigenvalue weighted by atomic mass is 10.2. The summed E-state index contributed by atoms with van der Waals surface area (Å²) in [5.41, 5.74) is 0. The number of rotatable bonds is 6. The van der Waals surface area contributed by atoms with E-state index in [-0.39, 0.29) is 18.4 Å². The lowest BCUT2D eigenvalue weighted by molar-refractivity contribution is -0.119. The van der Waals surface area contributed by atoms with E-state index in [9.17, 15) is 14.7 Å². The summed E-state index contributed by atoms with van der Waals surface area (Å²) in [6.45, 7) is 1.59. The van der Waals surface area contributed by atoms with Gasteiger partial charge in [-0.05, 0) is 24.3 Å². The number of nitrogens with one attached hydrogen (secondary N) is 2. The molecule has 2 aromatic rings. The van der Waals surface area contributed by atoms with E-state index in [0.29, 0.717) is 17.2 Å². The minimum atomic E-state index is -0.576. The largest absolute Gasteiger partial charge is 0.467 e. The molecule has 2 aromatic heterocycles. The molecule has 6 nitrogen and oxygen atoms in total. The number of carbonyl (C=O) groups is 2. The molecular weight excluding hydrogens is 292 g/mol. The van der Waals surface area contributed by atoms with Crippen molar-refractivity contribution in [1.82, 2.24) is 10.6 Å². The third-order valence-electron chi connectivity index (χ3n) is 2.77. The summed E-state index contributed by atoms with van der Waals surface area (Å²) in [5.74, 6) is 0.0953. The number of thiophene rings is 1. The van der Waals surface area contributed by atoms with E-state index in [1.165, 1.54) is 24.5 Å². The van der Waals surface area contributed by atoms with Crippen LogP contribution in [0.25, 0.3) is 0 Å². The number of amides is 2. The van der Waals surface area contributed by atoms with E-state index in [1.54, 1.807) is 24.3 Å².